The molecule has 3 atom stereocenters. The van der Waals surface area contributed by atoms with Crippen LogP contribution in [-0.2, 0) is 0 Å². The van der Waals surface area contributed by atoms with E-state index in [1.54, 1.807) is 0 Å². The minimum atomic E-state index is -0.371. The smallest absolute Gasteiger partial charge is 0.0800 e. The second kappa shape index (κ2) is 7.17. The summed E-state index contributed by atoms with van der Waals surface area (Å²) in [7, 11) is 0. The molecular weight excluding hydrogens is 407 g/mol. The van der Waals surface area contributed by atoms with Crippen molar-refractivity contribution < 1.29 is 5.11 Å². The SMILES string of the molecule is CCCC[C@]1(C)C[C@@]1(I)[C@H](O)C(c1ccccc1)c1ccccc1. The summed E-state index contributed by atoms with van der Waals surface area (Å²) in [5, 5.41) is 11.4. The van der Waals surface area contributed by atoms with E-state index in [9.17, 15) is 5.11 Å². The largest absolute Gasteiger partial charge is 0.391 e. The number of aliphatic hydroxyl groups excluding tert-OH is 1. The second-order valence-electron chi connectivity index (χ2n) is 7.45. The molecule has 1 saturated carbocycles. The van der Waals surface area contributed by atoms with Gasteiger partial charge in [0.15, 0.2) is 0 Å². The van der Waals surface area contributed by atoms with Crippen LogP contribution < -0.4 is 0 Å². The molecule has 0 saturated heterocycles. The summed E-state index contributed by atoms with van der Waals surface area (Å²) in [5.41, 5.74) is 2.67. The minimum absolute atomic E-state index is 0.0315. The Bertz CT molecular complexity index is 617. The van der Waals surface area contributed by atoms with Crippen molar-refractivity contribution in [3.63, 3.8) is 0 Å². The van der Waals surface area contributed by atoms with Gasteiger partial charge in [-0.15, -0.1) is 0 Å². The number of halogens is 1. The molecule has 0 spiro atoms. The highest BCUT2D eigenvalue weighted by atomic mass is 127. The number of hydrogen-bond donors (Lipinski definition) is 1. The van der Waals surface area contributed by atoms with Crippen LogP contribution in [0.4, 0.5) is 0 Å². The molecule has 128 valence electrons. The van der Waals surface area contributed by atoms with Crippen molar-refractivity contribution in [3.8, 4) is 0 Å². The number of alkyl halides is 1. The highest BCUT2D eigenvalue weighted by Crippen LogP contribution is 2.68. The first-order valence-corrected chi connectivity index (χ1v) is 10.1. The van der Waals surface area contributed by atoms with Crippen molar-refractivity contribution in [3.05, 3.63) is 71.8 Å². The van der Waals surface area contributed by atoms with Gasteiger partial charge in [0.2, 0.25) is 0 Å². The van der Waals surface area contributed by atoms with E-state index in [-0.39, 0.29) is 20.9 Å². The van der Waals surface area contributed by atoms with Crippen LogP contribution >= 0.6 is 22.6 Å². The van der Waals surface area contributed by atoms with Crippen molar-refractivity contribution in [2.24, 2.45) is 5.41 Å². The van der Waals surface area contributed by atoms with Crippen LogP contribution in [0.5, 0.6) is 0 Å². The number of unbranched alkanes of at least 4 members (excludes halogenated alkanes) is 1. The van der Waals surface area contributed by atoms with Gasteiger partial charge in [-0.25, -0.2) is 0 Å². The highest BCUT2D eigenvalue weighted by Gasteiger charge is 2.66. The molecule has 1 nitrogen and oxygen atoms in total. The van der Waals surface area contributed by atoms with Gasteiger partial charge in [0.1, 0.15) is 0 Å². The molecule has 1 N–H and O–H groups in total. The van der Waals surface area contributed by atoms with Crippen LogP contribution in [0.25, 0.3) is 0 Å². The van der Waals surface area contributed by atoms with Crippen molar-refractivity contribution in [1.29, 1.82) is 0 Å². The maximum atomic E-state index is 11.4. The lowest BCUT2D eigenvalue weighted by atomic mass is 9.82. The number of rotatable bonds is 7. The lowest BCUT2D eigenvalue weighted by molar-refractivity contribution is 0.136. The van der Waals surface area contributed by atoms with E-state index in [0.717, 1.165) is 6.42 Å². The summed E-state index contributed by atoms with van der Waals surface area (Å²) in [6.07, 6.45) is 4.41. The van der Waals surface area contributed by atoms with E-state index in [2.05, 4.69) is 85.0 Å². The molecule has 2 aromatic carbocycles. The van der Waals surface area contributed by atoms with Crippen LogP contribution in [0.2, 0.25) is 0 Å². The Balaban J connectivity index is 1.92. The molecule has 3 rings (SSSR count). The molecule has 24 heavy (non-hydrogen) atoms. The van der Waals surface area contributed by atoms with Gasteiger partial charge in [0.05, 0.1) is 9.53 Å². The average molecular weight is 434 g/mol. The van der Waals surface area contributed by atoms with Crippen molar-refractivity contribution in [1.82, 2.24) is 0 Å². The lowest BCUT2D eigenvalue weighted by Gasteiger charge is -2.31. The van der Waals surface area contributed by atoms with Gasteiger partial charge in [-0.1, -0.05) is 110 Å². The summed E-state index contributed by atoms with van der Waals surface area (Å²) in [4.78, 5) is 0. The normalized spacial score (nSPS) is 27.2. The second-order valence-corrected chi connectivity index (χ2v) is 9.37. The molecule has 1 aliphatic carbocycles. The Morgan fingerprint density at radius 3 is 1.96 bits per heavy atom. The molecule has 2 heteroatoms. The van der Waals surface area contributed by atoms with E-state index in [1.807, 2.05) is 12.1 Å². The molecule has 0 heterocycles. The van der Waals surface area contributed by atoms with Gasteiger partial charge in [-0.05, 0) is 29.4 Å². The molecular formula is C22H27IO. The van der Waals surface area contributed by atoms with Gasteiger partial charge < -0.3 is 5.11 Å². The standard InChI is InChI=1S/C22H27IO/c1-3-4-15-21(2)16-22(21,23)20(24)19(17-11-7-5-8-12-17)18-13-9-6-10-14-18/h5-14,19-20,24H,3-4,15-16H2,1-2H3/t20-,21-,22-/m1/s1. The Hall–Kier alpha value is -0.870. The van der Waals surface area contributed by atoms with Crippen LogP contribution in [0.3, 0.4) is 0 Å². The molecule has 0 amide bonds. The molecule has 0 aromatic heterocycles. The Labute approximate surface area is 159 Å². The topological polar surface area (TPSA) is 20.2 Å². The Morgan fingerprint density at radius 2 is 1.50 bits per heavy atom. The predicted molar refractivity (Wildman–Crippen MR) is 110 cm³/mol. The summed E-state index contributed by atoms with van der Waals surface area (Å²) < 4.78 is -0.0315. The van der Waals surface area contributed by atoms with Crippen LogP contribution in [0.15, 0.2) is 60.7 Å². The highest BCUT2D eigenvalue weighted by molar-refractivity contribution is 14.1. The monoisotopic (exact) mass is 434 g/mol. The van der Waals surface area contributed by atoms with E-state index in [0.29, 0.717) is 0 Å². The summed E-state index contributed by atoms with van der Waals surface area (Å²) in [5.74, 6) is 0.0350. The minimum Gasteiger partial charge on any atom is -0.391 e. The lowest BCUT2D eigenvalue weighted by Crippen LogP contribution is -2.34. The number of benzene rings is 2. The Kier molecular flexibility index (Phi) is 5.36. The fraction of sp³-hybridized carbons (Fsp3) is 0.455. The first-order valence-electron chi connectivity index (χ1n) is 8.99. The third-order valence-electron chi connectivity index (χ3n) is 5.71. The predicted octanol–water partition coefficient (Wildman–Crippen LogP) is 5.95. The van der Waals surface area contributed by atoms with Crippen molar-refractivity contribution in [2.45, 2.75) is 55.0 Å². The molecule has 0 unspecified atom stereocenters. The van der Waals surface area contributed by atoms with Crippen molar-refractivity contribution in [2.75, 3.05) is 0 Å². The molecule has 0 aliphatic heterocycles. The van der Waals surface area contributed by atoms with Crippen LogP contribution in [0, 0.1) is 5.41 Å². The third kappa shape index (κ3) is 3.28. The van der Waals surface area contributed by atoms with E-state index in [1.165, 1.54) is 30.4 Å². The van der Waals surface area contributed by atoms with Gasteiger partial charge in [-0.2, -0.15) is 0 Å². The average Bonchev–Trinajstić information content (AvgIpc) is 3.18. The van der Waals surface area contributed by atoms with Crippen LogP contribution in [-0.4, -0.2) is 14.6 Å². The third-order valence-corrected chi connectivity index (χ3v) is 8.03. The zero-order valence-corrected chi connectivity index (χ0v) is 16.7. The maximum Gasteiger partial charge on any atom is 0.0800 e. The summed E-state index contributed by atoms with van der Waals surface area (Å²) in [6, 6.07) is 20.9. The maximum absolute atomic E-state index is 11.4. The first-order chi connectivity index (χ1) is 11.5. The van der Waals surface area contributed by atoms with E-state index in [4.69, 9.17) is 0 Å². The van der Waals surface area contributed by atoms with Gasteiger partial charge in [0.25, 0.3) is 0 Å². The van der Waals surface area contributed by atoms with Crippen molar-refractivity contribution >= 4 is 22.6 Å². The fourth-order valence-electron chi connectivity index (χ4n) is 3.99. The zero-order valence-electron chi connectivity index (χ0n) is 14.6. The quantitative estimate of drug-likeness (QED) is 0.422. The zero-order chi connectivity index (χ0) is 17.2. The number of hydrogen-bond acceptors (Lipinski definition) is 1. The fourth-order valence-corrected chi connectivity index (χ4v) is 5.46. The molecule has 2 aromatic rings. The van der Waals surface area contributed by atoms with Gasteiger partial charge in [-0.3, -0.25) is 0 Å². The molecule has 1 aliphatic rings. The first kappa shape index (κ1) is 17.9. The van der Waals surface area contributed by atoms with E-state index < -0.39 is 0 Å². The van der Waals surface area contributed by atoms with Crippen LogP contribution in [0.1, 0.15) is 56.6 Å². The van der Waals surface area contributed by atoms with Gasteiger partial charge in [0, 0.05) is 5.92 Å². The molecule has 0 bridgehead atoms. The molecule has 1 fully saturated rings. The van der Waals surface area contributed by atoms with E-state index >= 15 is 0 Å². The number of aliphatic hydroxyl groups is 1. The Morgan fingerprint density at radius 1 is 1.00 bits per heavy atom. The summed E-state index contributed by atoms with van der Waals surface area (Å²) in [6.45, 7) is 4.60. The summed E-state index contributed by atoms with van der Waals surface area (Å²) >= 11 is 2.55. The van der Waals surface area contributed by atoms with Gasteiger partial charge >= 0.3 is 0 Å². The molecule has 0 radical (unpaired) electrons.